The molecule has 0 aliphatic rings. The van der Waals surface area contributed by atoms with Crippen molar-refractivity contribution in [1.29, 1.82) is 0 Å². The first kappa shape index (κ1) is 15.5. The molecule has 114 valence electrons. The summed E-state index contributed by atoms with van der Waals surface area (Å²) in [5, 5.41) is 12.1. The molecule has 0 aliphatic heterocycles. The molecule has 22 heavy (non-hydrogen) atoms. The van der Waals surface area contributed by atoms with Gasteiger partial charge in [-0.3, -0.25) is 0 Å². The Morgan fingerprint density at radius 1 is 1.14 bits per heavy atom. The first-order chi connectivity index (χ1) is 10.6. The second-order valence-electron chi connectivity index (χ2n) is 4.45. The number of hydrogen-bond acceptors (Lipinski definition) is 4. The number of nitrogens with one attached hydrogen (secondary N) is 1. The van der Waals surface area contributed by atoms with Crippen LogP contribution in [0.5, 0.6) is 0 Å². The third-order valence-electron chi connectivity index (χ3n) is 2.99. The number of carboxylic acid groups (broad SMARTS) is 1. The van der Waals surface area contributed by atoms with Crippen LogP contribution in [-0.2, 0) is 11.3 Å². The van der Waals surface area contributed by atoms with Crippen molar-refractivity contribution in [3.63, 3.8) is 0 Å². The molecule has 0 saturated heterocycles. The fraction of sp³-hybridized carbons (Fsp3) is 0.125. The van der Waals surface area contributed by atoms with E-state index in [1.807, 2.05) is 0 Å². The molecule has 0 amide bonds. The number of aromatic carboxylic acids is 1. The van der Waals surface area contributed by atoms with Crippen molar-refractivity contribution < 1.29 is 23.8 Å². The van der Waals surface area contributed by atoms with Crippen LogP contribution < -0.4 is 5.32 Å². The molecule has 2 aromatic rings. The van der Waals surface area contributed by atoms with Gasteiger partial charge < -0.3 is 15.2 Å². The normalized spacial score (nSPS) is 10.0. The summed E-state index contributed by atoms with van der Waals surface area (Å²) in [6.45, 7) is -0.853. The predicted octanol–water partition coefficient (Wildman–Crippen LogP) is 3.08. The summed E-state index contributed by atoms with van der Waals surface area (Å²) in [5.41, 5.74) is 1.62. The van der Waals surface area contributed by atoms with E-state index in [-0.39, 0.29) is 11.1 Å². The number of carboxylic acids is 1. The van der Waals surface area contributed by atoms with E-state index in [2.05, 4.69) is 10.1 Å². The van der Waals surface area contributed by atoms with Gasteiger partial charge in [-0.05, 0) is 29.8 Å². The molecule has 6 heteroatoms. The number of alkyl halides is 1. The van der Waals surface area contributed by atoms with Crippen LogP contribution >= 0.6 is 0 Å². The molecular weight excluding hydrogens is 289 g/mol. The summed E-state index contributed by atoms with van der Waals surface area (Å²) < 4.78 is 16.3. The van der Waals surface area contributed by atoms with Crippen molar-refractivity contribution in [1.82, 2.24) is 0 Å². The van der Waals surface area contributed by atoms with Crippen molar-refractivity contribution in [2.24, 2.45) is 0 Å². The van der Waals surface area contributed by atoms with Gasteiger partial charge >= 0.3 is 11.9 Å². The first-order valence-corrected chi connectivity index (χ1v) is 6.50. The van der Waals surface area contributed by atoms with Crippen molar-refractivity contribution >= 4 is 17.6 Å². The standard InChI is InChI=1S/C16H14FNO4/c17-10-22-16(21)12-5-3-4-11(8-12)9-18-14-7-2-1-6-13(14)15(19)20/h1-8,18H,9-10H2,(H,19,20). The number of rotatable bonds is 6. The van der Waals surface area contributed by atoms with Crippen molar-refractivity contribution in [3.8, 4) is 0 Å². The molecule has 0 bridgehead atoms. The van der Waals surface area contributed by atoms with Gasteiger partial charge in [0.25, 0.3) is 0 Å². The summed E-state index contributed by atoms with van der Waals surface area (Å²) in [6.07, 6.45) is 0. The molecule has 0 radical (unpaired) electrons. The zero-order chi connectivity index (χ0) is 15.9. The Morgan fingerprint density at radius 3 is 2.64 bits per heavy atom. The van der Waals surface area contributed by atoms with Gasteiger partial charge in [0, 0.05) is 12.2 Å². The summed E-state index contributed by atoms with van der Waals surface area (Å²) in [4.78, 5) is 22.6. The van der Waals surface area contributed by atoms with Gasteiger partial charge in [0.2, 0.25) is 6.86 Å². The lowest BCUT2D eigenvalue weighted by Crippen LogP contribution is -2.08. The van der Waals surface area contributed by atoms with E-state index in [9.17, 15) is 14.0 Å². The van der Waals surface area contributed by atoms with Gasteiger partial charge in [0.15, 0.2) is 0 Å². The van der Waals surface area contributed by atoms with Gasteiger partial charge in [-0.2, -0.15) is 0 Å². The molecule has 5 nitrogen and oxygen atoms in total. The van der Waals surface area contributed by atoms with Gasteiger partial charge in [-0.25, -0.2) is 14.0 Å². The number of hydrogen-bond donors (Lipinski definition) is 2. The quantitative estimate of drug-likeness (QED) is 0.802. The van der Waals surface area contributed by atoms with E-state index in [4.69, 9.17) is 5.11 Å². The second kappa shape index (κ2) is 7.21. The number of para-hydroxylation sites is 1. The number of carbonyl (C=O) groups is 2. The maximum absolute atomic E-state index is 12.0. The van der Waals surface area contributed by atoms with E-state index in [1.54, 1.807) is 36.4 Å². The van der Waals surface area contributed by atoms with Crippen LogP contribution in [0.25, 0.3) is 0 Å². The van der Waals surface area contributed by atoms with E-state index < -0.39 is 18.8 Å². The average Bonchev–Trinajstić information content (AvgIpc) is 2.53. The lowest BCUT2D eigenvalue weighted by molar-refractivity contribution is 0.0324. The molecule has 0 unspecified atom stereocenters. The summed E-state index contributed by atoms with van der Waals surface area (Å²) in [7, 11) is 0. The number of carbonyl (C=O) groups excluding carboxylic acids is 1. The minimum absolute atomic E-state index is 0.162. The molecule has 2 rings (SSSR count). The Morgan fingerprint density at radius 2 is 1.91 bits per heavy atom. The largest absolute Gasteiger partial charge is 0.478 e. The highest BCUT2D eigenvalue weighted by atomic mass is 19.1. The molecule has 0 aromatic heterocycles. The van der Waals surface area contributed by atoms with E-state index in [1.165, 1.54) is 12.1 Å². The molecule has 0 spiro atoms. The molecule has 2 N–H and O–H groups in total. The SMILES string of the molecule is O=C(OCF)c1cccc(CNc2ccccc2C(=O)O)c1. The van der Waals surface area contributed by atoms with Gasteiger partial charge in [-0.1, -0.05) is 24.3 Å². The van der Waals surface area contributed by atoms with Gasteiger partial charge in [0.1, 0.15) is 0 Å². The first-order valence-electron chi connectivity index (χ1n) is 6.50. The second-order valence-corrected chi connectivity index (χ2v) is 4.45. The molecule has 0 atom stereocenters. The maximum atomic E-state index is 12.0. The Bertz CT molecular complexity index is 687. The van der Waals surface area contributed by atoms with E-state index in [0.29, 0.717) is 12.2 Å². The molecular formula is C16H14FNO4. The van der Waals surface area contributed by atoms with Crippen LogP contribution in [0.15, 0.2) is 48.5 Å². The van der Waals surface area contributed by atoms with Gasteiger partial charge in [0.05, 0.1) is 11.1 Å². The third kappa shape index (κ3) is 3.82. The van der Waals surface area contributed by atoms with E-state index >= 15 is 0 Å². The lowest BCUT2D eigenvalue weighted by Gasteiger charge is -2.10. The average molecular weight is 303 g/mol. The van der Waals surface area contributed by atoms with E-state index in [0.717, 1.165) is 5.56 Å². The molecule has 0 saturated carbocycles. The van der Waals surface area contributed by atoms with Crippen LogP contribution in [0.2, 0.25) is 0 Å². The summed E-state index contributed by atoms with van der Waals surface area (Å²) in [6, 6.07) is 13.0. The highest BCUT2D eigenvalue weighted by Gasteiger charge is 2.10. The number of anilines is 1. The monoisotopic (exact) mass is 303 g/mol. The predicted molar refractivity (Wildman–Crippen MR) is 78.6 cm³/mol. The molecule has 2 aromatic carbocycles. The Hall–Kier alpha value is -2.89. The number of ether oxygens (including phenoxy) is 1. The Labute approximate surface area is 126 Å². The zero-order valence-corrected chi connectivity index (χ0v) is 11.6. The lowest BCUT2D eigenvalue weighted by atomic mass is 10.1. The fourth-order valence-corrected chi connectivity index (χ4v) is 1.96. The van der Waals surface area contributed by atoms with Crippen LogP contribution in [0.3, 0.4) is 0 Å². The van der Waals surface area contributed by atoms with Crippen LogP contribution in [0.1, 0.15) is 26.3 Å². The van der Waals surface area contributed by atoms with Crippen molar-refractivity contribution in [3.05, 3.63) is 65.2 Å². The number of benzene rings is 2. The fourth-order valence-electron chi connectivity index (χ4n) is 1.96. The smallest absolute Gasteiger partial charge is 0.340 e. The topological polar surface area (TPSA) is 75.6 Å². The minimum Gasteiger partial charge on any atom is -0.478 e. The van der Waals surface area contributed by atoms with Crippen molar-refractivity contribution in [2.45, 2.75) is 6.54 Å². The van der Waals surface area contributed by atoms with Crippen LogP contribution in [0.4, 0.5) is 10.1 Å². The molecule has 0 fully saturated rings. The van der Waals surface area contributed by atoms with Crippen LogP contribution in [0, 0.1) is 0 Å². The number of esters is 1. The third-order valence-corrected chi connectivity index (χ3v) is 2.99. The zero-order valence-electron chi connectivity index (χ0n) is 11.6. The highest BCUT2D eigenvalue weighted by molar-refractivity contribution is 5.94. The highest BCUT2D eigenvalue weighted by Crippen LogP contribution is 2.16. The summed E-state index contributed by atoms with van der Waals surface area (Å²) >= 11 is 0. The molecule has 0 aliphatic carbocycles. The number of halogens is 1. The van der Waals surface area contributed by atoms with Crippen molar-refractivity contribution in [2.75, 3.05) is 12.2 Å². The van der Waals surface area contributed by atoms with Gasteiger partial charge in [-0.15, -0.1) is 0 Å². The van der Waals surface area contributed by atoms with Crippen LogP contribution in [-0.4, -0.2) is 23.9 Å². The maximum Gasteiger partial charge on any atom is 0.340 e. The Balaban J connectivity index is 2.11. The Kier molecular flexibility index (Phi) is 5.08. The summed E-state index contributed by atoms with van der Waals surface area (Å²) in [5.74, 6) is -1.77. The molecule has 0 heterocycles. The minimum atomic E-state index is -1.17.